The Bertz CT molecular complexity index is 937. The van der Waals surface area contributed by atoms with E-state index < -0.39 is 5.60 Å². The van der Waals surface area contributed by atoms with Gasteiger partial charge in [0.05, 0.1) is 29.8 Å². The molecule has 0 saturated carbocycles. The number of nitrogens with zero attached hydrogens (tertiary/aromatic N) is 5. The molecule has 1 unspecified atom stereocenters. The third-order valence-corrected chi connectivity index (χ3v) is 5.02. The molecule has 0 spiro atoms. The van der Waals surface area contributed by atoms with Crippen molar-refractivity contribution in [3.63, 3.8) is 0 Å². The molecule has 136 valence electrons. The number of nitrogens with two attached hydrogens (primary N) is 1. The Kier molecular flexibility index (Phi) is 4.03. The van der Waals surface area contributed by atoms with E-state index in [9.17, 15) is 5.11 Å². The fourth-order valence-electron chi connectivity index (χ4n) is 3.66. The van der Waals surface area contributed by atoms with E-state index in [-0.39, 0.29) is 11.9 Å². The Hall–Kier alpha value is -2.67. The van der Waals surface area contributed by atoms with Gasteiger partial charge in [0.2, 0.25) is 5.95 Å². The second-order valence-corrected chi connectivity index (χ2v) is 7.31. The van der Waals surface area contributed by atoms with Crippen molar-refractivity contribution < 1.29 is 5.11 Å². The van der Waals surface area contributed by atoms with Crippen LogP contribution in [0.1, 0.15) is 44.0 Å². The zero-order valence-corrected chi connectivity index (χ0v) is 15.1. The van der Waals surface area contributed by atoms with E-state index in [1.165, 1.54) is 0 Å². The zero-order chi connectivity index (χ0) is 18.3. The quantitative estimate of drug-likeness (QED) is 0.751. The maximum Gasteiger partial charge on any atom is 0.222 e. The minimum absolute atomic E-state index is 0.264. The Morgan fingerprint density at radius 2 is 2.12 bits per heavy atom. The Balaban J connectivity index is 1.69. The highest BCUT2D eigenvalue weighted by atomic mass is 16.3. The first kappa shape index (κ1) is 16.8. The van der Waals surface area contributed by atoms with Crippen molar-refractivity contribution in [3.05, 3.63) is 48.2 Å². The molecule has 1 aliphatic heterocycles. The summed E-state index contributed by atoms with van der Waals surface area (Å²) < 4.78 is 1.94. The summed E-state index contributed by atoms with van der Waals surface area (Å²) in [6.07, 6.45) is 5.21. The third kappa shape index (κ3) is 2.88. The smallest absolute Gasteiger partial charge is 0.222 e. The SMILES string of the molecule is CC(C)c1cc(N2CCCC(O)(c3ncn4ccccc34)C2)nc(N)n1. The fraction of sp³-hybridized carbons (Fsp3) is 0.421. The van der Waals surface area contributed by atoms with E-state index in [1.807, 2.05) is 34.9 Å². The lowest BCUT2D eigenvalue weighted by atomic mass is 9.89. The van der Waals surface area contributed by atoms with Crippen LogP contribution < -0.4 is 10.6 Å². The largest absolute Gasteiger partial charge is 0.382 e. The first-order valence-electron chi connectivity index (χ1n) is 9.00. The van der Waals surface area contributed by atoms with E-state index in [1.54, 1.807) is 6.33 Å². The predicted octanol–water partition coefficient (Wildman–Crippen LogP) is 2.32. The molecule has 3 N–H and O–H groups in total. The van der Waals surface area contributed by atoms with Crippen LogP contribution in [0.15, 0.2) is 36.8 Å². The molecule has 0 aliphatic carbocycles. The number of rotatable bonds is 3. The number of β-amino-alcohol motifs (C(OH)–C–C–N with tert-alkyl or cyclic N) is 1. The second kappa shape index (κ2) is 6.25. The van der Waals surface area contributed by atoms with Gasteiger partial charge in [0.25, 0.3) is 0 Å². The average molecular weight is 352 g/mol. The highest BCUT2D eigenvalue weighted by Crippen LogP contribution is 2.35. The van der Waals surface area contributed by atoms with Gasteiger partial charge in [-0.2, -0.15) is 4.98 Å². The third-order valence-electron chi connectivity index (χ3n) is 5.02. The topological polar surface area (TPSA) is 92.6 Å². The number of hydrogen-bond acceptors (Lipinski definition) is 6. The number of nitrogen functional groups attached to an aromatic ring is 1. The number of imidazole rings is 1. The maximum atomic E-state index is 11.4. The molecule has 7 heteroatoms. The van der Waals surface area contributed by atoms with Crippen molar-refractivity contribution >= 4 is 17.3 Å². The van der Waals surface area contributed by atoms with Gasteiger partial charge in [-0.15, -0.1) is 0 Å². The first-order valence-corrected chi connectivity index (χ1v) is 9.00. The van der Waals surface area contributed by atoms with Crippen LogP contribution in [0.4, 0.5) is 11.8 Å². The van der Waals surface area contributed by atoms with Crippen molar-refractivity contribution in [2.75, 3.05) is 23.7 Å². The van der Waals surface area contributed by atoms with Gasteiger partial charge in [0.1, 0.15) is 11.4 Å². The number of aromatic nitrogens is 4. The summed E-state index contributed by atoms with van der Waals surface area (Å²) in [6, 6.07) is 7.87. The molecule has 1 atom stereocenters. The Morgan fingerprint density at radius 1 is 1.27 bits per heavy atom. The van der Waals surface area contributed by atoms with Gasteiger partial charge < -0.3 is 20.1 Å². The van der Waals surface area contributed by atoms with Crippen LogP contribution in [0.25, 0.3) is 5.52 Å². The van der Waals surface area contributed by atoms with Crippen LogP contribution in [-0.4, -0.2) is 37.5 Å². The summed E-state index contributed by atoms with van der Waals surface area (Å²) in [5, 5.41) is 11.4. The van der Waals surface area contributed by atoms with Crippen molar-refractivity contribution in [3.8, 4) is 0 Å². The van der Waals surface area contributed by atoms with Crippen molar-refractivity contribution in [1.29, 1.82) is 0 Å². The van der Waals surface area contributed by atoms with Gasteiger partial charge in [0, 0.05) is 18.8 Å². The summed E-state index contributed by atoms with van der Waals surface area (Å²) in [6.45, 7) is 5.41. The summed E-state index contributed by atoms with van der Waals surface area (Å²) >= 11 is 0. The average Bonchev–Trinajstić information content (AvgIpc) is 3.06. The molecule has 0 aromatic carbocycles. The van der Waals surface area contributed by atoms with Gasteiger partial charge in [-0.25, -0.2) is 9.97 Å². The van der Waals surface area contributed by atoms with E-state index >= 15 is 0 Å². The predicted molar refractivity (Wildman–Crippen MR) is 101 cm³/mol. The zero-order valence-electron chi connectivity index (χ0n) is 15.1. The molecule has 1 fully saturated rings. The van der Waals surface area contributed by atoms with Gasteiger partial charge in [-0.1, -0.05) is 19.9 Å². The number of piperidine rings is 1. The fourth-order valence-corrected chi connectivity index (χ4v) is 3.66. The van der Waals surface area contributed by atoms with Crippen LogP contribution >= 0.6 is 0 Å². The standard InChI is InChI=1S/C19H24N6O/c1-13(2)14-10-16(23-18(20)22-14)24-9-5-7-19(26,11-24)17-15-6-3-4-8-25(15)12-21-17/h3-4,6,8,10,12-13,26H,5,7,9,11H2,1-2H3,(H2,20,22,23). The molecule has 0 amide bonds. The van der Waals surface area contributed by atoms with Crippen molar-refractivity contribution in [1.82, 2.24) is 19.4 Å². The molecule has 26 heavy (non-hydrogen) atoms. The van der Waals surface area contributed by atoms with Gasteiger partial charge in [0.15, 0.2) is 0 Å². The number of hydrogen-bond donors (Lipinski definition) is 2. The molecule has 0 bridgehead atoms. The van der Waals surface area contributed by atoms with Crippen molar-refractivity contribution in [2.24, 2.45) is 0 Å². The molecule has 4 rings (SSSR count). The molecule has 1 saturated heterocycles. The van der Waals surface area contributed by atoms with Crippen LogP contribution in [0.5, 0.6) is 0 Å². The normalized spacial score (nSPS) is 20.8. The lowest BCUT2D eigenvalue weighted by Gasteiger charge is -2.39. The molecule has 3 aromatic rings. The van der Waals surface area contributed by atoms with Crippen LogP contribution in [-0.2, 0) is 5.60 Å². The molecule has 4 heterocycles. The van der Waals surface area contributed by atoms with Gasteiger partial charge in [-0.05, 0) is 30.9 Å². The lowest BCUT2D eigenvalue weighted by molar-refractivity contribution is 0.0193. The highest BCUT2D eigenvalue weighted by Gasteiger charge is 2.38. The van der Waals surface area contributed by atoms with Gasteiger partial charge in [-0.3, -0.25) is 0 Å². The van der Waals surface area contributed by atoms with Crippen molar-refractivity contribution in [2.45, 2.75) is 38.2 Å². The van der Waals surface area contributed by atoms with Crippen LogP contribution in [0.2, 0.25) is 0 Å². The van der Waals surface area contributed by atoms with Crippen LogP contribution in [0.3, 0.4) is 0 Å². The second-order valence-electron chi connectivity index (χ2n) is 7.31. The molecule has 0 radical (unpaired) electrons. The molecular formula is C19H24N6O. The molecule has 7 nitrogen and oxygen atoms in total. The number of pyridine rings is 1. The molecular weight excluding hydrogens is 328 g/mol. The number of fused-ring (bicyclic) bond motifs is 1. The maximum absolute atomic E-state index is 11.4. The van der Waals surface area contributed by atoms with E-state index in [2.05, 4.69) is 33.7 Å². The highest BCUT2D eigenvalue weighted by molar-refractivity contribution is 5.55. The summed E-state index contributed by atoms with van der Waals surface area (Å²) in [5.41, 5.74) is 7.45. The molecule has 1 aliphatic rings. The Morgan fingerprint density at radius 3 is 2.92 bits per heavy atom. The monoisotopic (exact) mass is 352 g/mol. The number of aliphatic hydroxyl groups is 1. The summed E-state index contributed by atoms with van der Waals surface area (Å²) in [7, 11) is 0. The van der Waals surface area contributed by atoms with Crippen LogP contribution in [0, 0.1) is 0 Å². The Labute approximate surface area is 152 Å². The first-order chi connectivity index (χ1) is 12.5. The van der Waals surface area contributed by atoms with E-state index in [0.717, 1.165) is 30.0 Å². The van der Waals surface area contributed by atoms with Gasteiger partial charge >= 0.3 is 0 Å². The minimum Gasteiger partial charge on any atom is -0.382 e. The summed E-state index contributed by atoms with van der Waals surface area (Å²) in [5.74, 6) is 1.30. The van der Waals surface area contributed by atoms with E-state index in [0.29, 0.717) is 18.7 Å². The van der Waals surface area contributed by atoms with E-state index in [4.69, 9.17) is 5.73 Å². The lowest BCUT2D eigenvalue weighted by Crippen LogP contribution is -2.47. The number of anilines is 2. The summed E-state index contributed by atoms with van der Waals surface area (Å²) in [4.78, 5) is 15.3. The molecule has 3 aromatic heterocycles. The minimum atomic E-state index is -1.02.